The van der Waals surface area contributed by atoms with E-state index in [0.29, 0.717) is 13.0 Å². The maximum absolute atomic E-state index is 13.6. The Bertz CT molecular complexity index is 797. The van der Waals surface area contributed by atoms with E-state index in [9.17, 15) is 14.0 Å². The molecule has 1 fully saturated rings. The highest BCUT2D eigenvalue weighted by Crippen LogP contribution is 2.22. The van der Waals surface area contributed by atoms with Gasteiger partial charge in [0.15, 0.2) is 11.6 Å². The number of amides is 2. The normalized spacial score (nSPS) is 16.7. The summed E-state index contributed by atoms with van der Waals surface area (Å²) in [5.74, 6) is -0.262. The molecule has 0 aliphatic carbocycles. The lowest BCUT2D eigenvalue weighted by molar-refractivity contribution is -0.125. The Morgan fingerprint density at radius 2 is 2.19 bits per heavy atom. The number of para-hydroxylation sites is 1. The third-order valence-corrected chi connectivity index (χ3v) is 4.09. The fourth-order valence-electron chi connectivity index (χ4n) is 2.79. The minimum Gasteiger partial charge on any atom is -0.436 e. The third kappa shape index (κ3) is 5.02. The van der Waals surface area contributed by atoms with Crippen molar-refractivity contribution in [2.24, 2.45) is 0 Å². The molecule has 136 valence electrons. The largest absolute Gasteiger partial charge is 0.436 e. The van der Waals surface area contributed by atoms with Crippen molar-refractivity contribution in [2.75, 3.05) is 0 Å². The van der Waals surface area contributed by atoms with Gasteiger partial charge in [-0.3, -0.25) is 9.59 Å². The summed E-state index contributed by atoms with van der Waals surface area (Å²) in [7, 11) is 0. The van der Waals surface area contributed by atoms with Gasteiger partial charge in [-0.25, -0.2) is 9.37 Å². The molecule has 2 N–H and O–H groups in total. The molecule has 1 aromatic carbocycles. The number of benzene rings is 1. The second-order valence-corrected chi connectivity index (χ2v) is 6.17. The predicted molar refractivity (Wildman–Crippen MR) is 93.0 cm³/mol. The van der Waals surface area contributed by atoms with Gasteiger partial charge < -0.3 is 15.4 Å². The molecular weight excluding hydrogens is 337 g/mol. The number of ether oxygens (including phenoxy) is 1. The lowest BCUT2D eigenvalue weighted by atomic mass is 10.0. The van der Waals surface area contributed by atoms with Crippen LogP contribution in [-0.4, -0.2) is 22.8 Å². The van der Waals surface area contributed by atoms with Crippen molar-refractivity contribution >= 4 is 11.8 Å². The number of rotatable bonds is 6. The van der Waals surface area contributed by atoms with E-state index in [0.717, 1.165) is 18.4 Å². The van der Waals surface area contributed by atoms with Crippen LogP contribution in [-0.2, 0) is 16.1 Å². The molecule has 1 unspecified atom stereocenters. The molecule has 1 aliphatic heterocycles. The number of nitrogens with zero attached hydrogens (tertiary/aromatic N) is 1. The molecule has 2 aromatic rings. The zero-order valence-electron chi connectivity index (χ0n) is 14.2. The van der Waals surface area contributed by atoms with Gasteiger partial charge in [0.25, 0.3) is 0 Å². The summed E-state index contributed by atoms with van der Waals surface area (Å²) >= 11 is 0. The molecular formula is C19H20FN3O3. The van der Waals surface area contributed by atoms with Crippen molar-refractivity contribution < 1.29 is 18.7 Å². The Labute approximate surface area is 150 Å². The van der Waals surface area contributed by atoms with Crippen molar-refractivity contribution in [1.82, 2.24) is 15.6 Å². The van der Waals surface area contributed by atoms with E-state index in [1.165, 1.54) is 12.1 Å². The topological polar surface area (TPSA) is 80.3 Å². The number of piperidine rings is 1. The lowest BCUT2D eigenvalue weighted by Gasteiger charge is -2.22. The summed E-state index contributed by atoms with van der Waals surface area (Å²) in [6, 6.07) is 9.37. The van der Waals surface area contributed by atoms with Crippen LogP contribution in [0, 0.1) is 5.82 Å². The van der Waals surface area contributed by atoms with E-state index in [-0.39, 0.29) is 35.9 Å². The minimum atomic E-state index is -0.470. The van der Waals surface area contributed by atoms with Gasteiger partial charge in [0.05, 0.1) is 0 Å². The summed E-state index contributed by atoms with van der Waals surface area (Å²) in [5.41, 5.74) is 0.785. The summed E-state index contributed by atoms with van der Waals surface area (Å²) in [6.07, 6.45) is 3.95. The van der Waals surface area contributed by atoms with Crippen molar-refractivity contribution in [3.05, 3.63) is 54.0 Å². The number of aromatic nitrogens is 1. The molecule has 2 amide bonds. The van der Waals surface area contributed by atoms with Gasteiger partial charge in [-0.15, -0.1) is 0 Å². The van der Waals surface area contributed by atoms with Crippen LogP contribution in [0.25, 0.3) is 0 Å². The molecule has 1 aliphatic rings. The first-order chi connectivity index (χ1) is 12.6. The maximum Gasteiger partial charge on any atom is 0.222 e. The first kappa shape index (κ1) is 17.8. The van der Waals surface area contributed by atoms with Gasteiger partial charge in [0, 0.05) is 37.7 Å². The third-order valence-electron chi connectivity index (χ3n) is 4.09. The second kappa shape index (κ2) is 8.42. The van der Waals surface area contributed by atoms with Crippen molar-refractivity contribution in [2.45, 2.75) is 38.3 Å². The average Bonchev–Trinajstić information content (AvgIpc) is 2.62. The highest BCUT2D eigenvalue weighted by molar-refractivity contribution is 5.80. The highest BCUT2D eigenvalue weighted by Gasteiger charge is 2.20. The van der Waals surface area contributed by atoms with Crippen LogP contribution in [0.2, 0.25) is 0 Å². The molecule has 0 saturated carbocycles. The number of halogens is 1. The molecule has 2 heterocycles. The predicted octanol–water partition coefficient (Wildman–Crippen LogP) is 2.69. The van der Waals surface area contributed by atoms with Crippen LogP contribution in [0.1, 0.15) is 31.2 Å². The molecule has 7 heteroatoms. The zero-order chi connectivity index (χ0) is 18.4. The number of nitrogens with one attached hydrogen (secondary N) is 2. The van der Waals surface area contributed by atoms with Crippen LogP contribution in [0.3, 0.4) is 0 Å². The summed E-state index contributed by atoms with van der Waals surface area (Å²) < 4.78 is 19.1. The number of hydrogen-bond acceptors (Lipinski definition) is 4. The maximum atomic E-state index is 13.6. The molecule has 26 heavy (non-hydrogen) atoms. The standard InChI is InChI=1S/C19H20FN3O3/c20-15-5-1-2-6-16(15)26-19-10-13(8-9-21-19)12-22-18(25)11-14-4-3-7-17(24)23-14/h1-2,5-6,8-10,14H,3-4,7,11-12H2,(H,22,25)(H,23,24). The highest BCUT2D eigenvalue weighted by atomic mass is 19.1. The fraction of sp³-hybridized carbons (Fsp3) is 0.316. The second-order valence-electron chi connectivity index (χ2n) is 6.17. The van der Waals surface area contributed by atoms with Gasteiger partial charge in [-0.1, -0.05) is 12.1 Å². The molecule has 0 bridgehead atoms. The van der Waals surface area contributed by atoms with Crippen LogP contribution in [0.5, 0.6) is 11.6 Å². The van der Waals surface area contributed by atoms with E-state index in [2.05, 4.69) is 15.6 Å². The van der Waals surface area contributed by atoms with E-state index in [1.54, 1.807) is 30.5 Å². The Kier molecular flexibility index (Phi) is 5.78. The Morgan fingerprint density at radius 3 is 3.00 bits per heavy atom. The van der Waals surface area contributed by atoms with Crippen LogP contribution in [0.4, 0.5) is 4.39 Å². The number of carbonyl (C=O) groups is 2. The summed E-state index contributed by atoms with van der Waals surface area (Å²) in [4.78, 5) is 27.5. The molecule has 1 aromatic heterocycles. The zero-order valence-corrected chi connectivity index (χ0v) is 14.2. The van der Waals surface area contributed by atoms with Crippen LogP contribution < -0.4 is 15.4 Å². The monoisotopic (exact) mass is 357 g/mol. The minimum absolute atomic E-state index is 0.00174. The van der Waals surface area contributed by atoms with Gasteiger partial charge in [0.2, 0.25) is 17.7 Å². The molecule has 1 saturated heterocycles. The van der Waals surface area contributed by atoms with Crippen molar-refractivity contribution in [1.29, 1.82) is 0 Å². The molecule has 6 nitrogen and oxygen atoms in total. The number of pyridine rings is 1. The smallest absolute Gasteiger partial charge is 0.222 e. The molecule has 0 radical (unpaired) electrons. The van der Waals surface area contributed by atoms with Crippen LogP contribution >= 0.6 is 0 Å². The number of hydrogen-bond donors (Lipinski definition) is 2. The fourth-order valence-corrected chi connectivity index (χ4v) is 2.79. The number of carbonyl (C=O) groups excluding carboxylic acids is 2. The average molecular weight is 357 g/mol. The summed E-state index contributed by atoms with van der Waals surface area (Å²) in [5, 5.41) is 5.64. The first-order valence-electron chi connectivity index (χ1n) is 8.53. The van der Waals surface area contributed by atoms with E-state index in [1.807, 2.05) is 0 Å². The quantitative estimate of drug-likeness (QED) is 0.833. The first-order valence-corrected chi connectivity index (χ1v) is 8.53. The molecule has 1 atom stereocenters. The van der Waals surface area contributed by atoms with E-state index >= 15 is 0 Å². The van der Waals surface area contributed by atoms with Gasteiger partial charge in [-0.05, 0) is 36.6 Å². The SMILES string of the molecule is O=C(CC1CCCC(=O)N1)NCc1ccnc(Oc2ccccc2F)c1. The van der Waals surface area contributed by atoms with Crippen molar-refractivity contribution in [3.8, 4) is 11.6 Å². The van der Waals surface area contributed by atoms with Gasteiger partial charge in [-0.2, -0.15) is 0 Å². The Balaban J connectivity index is 1.53. The molecule has 3 rings (SSSR count). The van der Waals surface area contributed by atoms with Crippen molar-refractivity contribution in [3.63, 3.8) is 0 Å². The Morgan fingerprint density at radius 1 is 1.35 bits per heavy atom. The lowest BCUT2D eigenvalue weighted by Crippen LogP contribution is -2.41. The Hall–Kier alpha value is -2.96. The molecule has 0 spiro atoms. The van der Waals surface area contributed by atoms with E-state index < -0.39 is 5.82 Å². The summed E-state index contributed by atoms with van der Waals surface area (Å²) in [6.45, 7) is 0.301. The van der Waals surface area contributed by atoms with Crippen LogP contribution in [0.15, 0.2) is 42.6 Å². The van der Waals surface area contributed by atoms with Gasteiger partial charge in [0.1, 0.15) is 0 Å². The van der Waals surface area contributed by atoms with E-state index in [4.69, 9.17) is 4.74 Å². The van der Waals surface area contributed by atoms with Gasteiger partial charge >= 0.3 is 0 Å².